The van der Waals surface area contributed by atoms with Gasteiger partial charge < -0.3 is 19.9 Å². The van der Waals surface area contributed by atoms with Gasteiger partial charge in [-0.05, 0) is 36.8 Å². The maximum absolute atomic E-state index is 12.5. The minimum atomic E-state index is -0.420. The Morgan fingerprint density at radius 1 is 1.18 bits per heavy atom. The number of carbonyl (C=O) groups is 2. The van der Waals surface area contributed by atoms with Crippen molar-refractivity contribution in [3.05, 3.63) is 58.6 Å². The summed E-state index contributed by atoms with van der Waals surface area (Å²) in [6, 6.07) is 13.0. The lowest BCUT2D eigenvalue weighted by atomic mass is 10.1. The van der Waals surface area contributed by atoms with Crippen molar-refractivity contribution in [3.8, 4) is 0 Å². The summed E-state index contributed by atoms with van der Waals surface area (Å²) in [5, 5.41) is 3.68. The lowest BCUT2D eigenvalue weighted by Crippen LogP contribution is -3.15. The molecule has 2 aromatic rings. The van der Waals surface area contributed by atoms with E-state index in [2.05, 4.69) is 10.2 Å². The molecule has 0 radical (unpaired) electrons. The molecule has 0 aromatic heterocycles. The van der Waals surface area contributed by atoms with E-state index >= 15 is 0 Å². The monoisotopic (exact) mass is 402 g/mol. The van der Waals surface area contributed by atoms with E-state index in [1.165, 1.54) is 12.0 Å². The van der Waals surface area contributed by atoms with E-state index in [4.69, 9.17) is 16.3 Å². The predicted octanol–water partition coefficient (Wildman–Crippen LogP) is 1.78. The Kier molecular flexibility index (Phi) is 6.54. The molecular weight excluding hydrogens is 378 g/mol. The minimum Gasteiger partial charge on any atom is -0.465 e. The smallest absolute Gasteiger partial charge is 0.337 e. The summed E-state index contributed by atoms with van der Waals surface area (Å²) < 4.78 is 4.74. The van der Waals surface area contributed by atoms with Gasteiger partial charge in [-0.25, -0.2) is 4.79 Å². The molecule has 1 saturated heterocycles. The third-order valence-corrected chi connectivity index (χ3v) is 5.33. The number of para-hydroxylation sites is 1. The fraction of sp³-hybridized carbons (Fsp3) is 0.333. The Balaban J connectivity index is 1.55. The fourth-order valence-electron chi connectivity index (χ4n) is 3.37. The lowest BCUT2D eigenvalue weighted by Gasteiger charge is -2.33. The summed E-state index contributed by atoms with van der Waals surface area (Å²) in [6.45, 7) is 5.70. The molecule has 6 nitrogen and oxygen atoms in total. The molecule has 0 aliphatic carbocycles. The maximum atomic E-state index is 12.5. The second-order valence-corrected chi connectivity index (χ2v) is 7.34. The van der Waals surface area contributed by atoms with E-state index in [1.807, 2.05) is 31.2 Å². The van der Waals surface area contributed by atoms with E-state index in [0.29, 0.717) is 17.8 Å². The zero-order valence-corrected chi connectivity index (χ0v) is 16.9. The number of benzene rings is 2. The zero-order valence-electron chi connectivity index (χ0n) is 16.1. The van der Waals surface area contributed by atoms with Crippen LogP contribution in [0.15, 0.2) is 42.5 Å². The van der Waals surface area contributed by atoms with Crippen LogP contribution in [0.2, 0.25) is 5.02 Å². The Morgan fingerprint density at radius 3 is 2.57 bits per heavy atom. The van der Waals surface area contributed by atoms with Crippen LogP contribution < -0.4 is 15.1 Å². The number of nitrogens with zero attached hydrogens (tertiary/aromatic N) is 1. The van der Waals surface area contributed by atoms with Crippen LogP contribution in [0.5, 0.6) is 0 Å². The highest BCUT2D eigenvalue weighted by molar-refractivity contribution is 6.33. The number of halogens is 1. The lowest BCUT2D eigenvalue weighted by molar-refractivity contribution is -0.892. The van der Waals surface area contributed by atoms with Crippen LogP contribution in [0, 0.1) is 6.92 Å². The van der Waals surface area contributed by atoms with Gasteiger partial charge in [0.2, 0.25) is 0 Å². The number of hydrogen-bond donors (Lipinski definition) is 2. The first-order valence-electron chi connectivity index (χ1n) is 9.30. The van der Waals surface area contributed by atoms with Gasteiger partial charge in [0, 0.05) is 5.69 Å². The first kappa shape index (κ1) is 20.2. The number of amides is 1. The standard InChI is InChI=1S/C21H24ClN3O3/c1-15-7-8-16(21(27)28-2)13-18(15)23-20(26)14-24-9-11-25(12-10-24)19-6-4-3-5-17(19)22/h3-8,13H,9-12,14H2,1-2H3,(H,23,26)/p+1. The van der Waals surface area contributed by atoms with Gasteiger partial charge in [0.05, 0.1) is 49.6 Å². The highest BCUT2D eigenvalue weighted by Crippen LogP contribution is 2.24. The van der Waals surface area contributed by atoms with E-state index in [9.17, 15) is 9.59 Å². The average molecular weight is 403 g/mol. The van der Waals surface area contributed by atoms with Crippen molar-refractivity contribution in [2.75, 3.05) is 50.1 Å². The SMILES string of the molecule is COC(=O)c1ccc(C)c(NC(=O)C[NH+]2CCN(c3ccccc3Cl)CC2)c1. The van der Waals surface area contributed by atoms with E-state index in [0.717, 1.165) is 42.5 Å². The summed E-state index contributed by atoms with van der Waals surface area (Å²) in [7, 11) is 1.34. The number of piperazine rings is 1. The molecule has 1 fully saturated rings. The van der Waals surface area contributed by atoms with Crippen molar-refractivity contribution in [1.82, 2.24) is 0 Å². The largest absolute Gasteiger partial charge is 0.465 e. The predicted molar refractivity (Wildman–Crippen MR) is 110 cm³/mol. The summed E-state index contributed by atoms with van der Waals surface area (Å²) in [5.74, 6) is -0.483. The third kappa shape index (κ3) is 4.82. The quantitative estimate of drug-likeness (QED) is 0.748. The topological polar surface area (TPSA) is 63.1 Å². The molecule has 1 aliphatic heterocycles. The Hall–Kier alpha value is -2.57. The fourth-order valence-corrected chi connectivity index (χ4v) is 3.63. The summed E-state index contributed by atoms with van der Waals surface area (Å²) in [4.78, 5) is 27.7. The number of quaternary nitrogens is 1. The van der Waals surface area contributed by atoms with E-state index < -0.39 is 5.97 Å². The van der Waals surface area contributed by atoms with Gasteiger partial charge in [-0.2, -0.15) is 0 Å². The van der Waals surface area contributed by atoms with Crippen molar-refractivity contribution >= 4 is 34.9 Å². The maximum Gasteiger partial charge on any atom is 0.337 e. The van der Waals surface area contributed by atoms with E-state index in [1.54, 1.807) is 18.2 Å². The number of rotatable bonds is 5. The van der Waals surface area contributed by atoms with Crippen LogP contribution in [0.3, 0.4) is 0 Å². The van der Waals surface area contributed by atoms with Crippen molar-refractivity contribution in [2.45, 2.75) is 6.92 Å². The molecule has 28 heavy (non-hydrogen) atoms. The molecule has 2 aromatic carbocycles. The Bertz CT molecular complexity index is 864. The first-order valence-corrected chi connectivity index (χ1v) is 9.67. The number of ether oxygens (including phenoxy) is 1. The molecule has 0 spiro atoms. The van der Waals surface area contributed by atoms with Crippen LogP contribution in [-0.4, -0.2) is 51.7 Å². The van der Waals surface area contributed by atoms with Gasteiger partial charge in [-0.1, -0.05) is 29.8 Å². The normalized spacial score (nSPS) is 14.6. The number of nitrogens with one attached hydrogen (secondary N) is 2. The number of hydrogen-bond acceptors (Lipinski definition) is 4. The van der Waals surface area contributed by atoms with E-state index in [-0.39, 0.29) is 5.91 Å². The van der Waals surface area contributed by atoms with Gasteiger partial charge in [0.25, 0.3) is 5.91 Å². The highest BCUT2D eigenvalue weighted by Gasteiger charge is 2.23. The molecule has 7 heteroatoms. The zero-order chi connectivity index (χ0) is 20.1. The van der Waals surface area contributed by atoms with Crippen LogP contribution in [0.4, 0.5) is 11.4 Å². The summed E-state index contributed by atoms with van der Waals surface area (Å²) in [6.07, 6.45) is 0. The molecule has 1 aliphatic rings. The second kappa shape index (κ2) is 9.08. The number of anilines is 2. The van der Waals surface area contributed by atoms with Crippen LogP contribution in [0.1, 0.15) is 15.9 Å². The van der Waals surface area contributed by atoms with Crippen molar-refractivity contribution < 1.29 is 19.2 Å². The van der Waals surface area contributed by atoms with Gasteiger partial charge in [-0.15, -0.1) is 0 Å². The van der Waals surface area contributed by atoms with Gasteiger partial charge in [0.1, 0.15) is 0 Å². The highest BCUT2D eigenvalue weighted by atomic mass is 35.5. The Labute approximate surface area is 170 Å². The molecule has 0 unspecified atom stereocenters. The van der Waals surface area contributed by atoms with Crippen molar-refractivity contribution in [1.29, 1.82) is 0 Å². The Morgan fingerprint density at radius 2 is 1.89 bits per heavy atom. The third-order valence-electron chi connectivity index (χ3n) is 5.01. The molecule has 0 atom stereocenters. The van der Waals surface area contributed by atoms with Gasteiger partial charge in [-0.3, -0.25) is 4.79 Å². The molecule has 0 bridgehead atoms. The van der Waals surface area contributed by atoms with Crippen molar-refractivity contribution in [2.24, 2.45) is 0 Å². The summed E-state index contributed by atoms with van der Waals surface area (Å²) >= 11 is 6.28. The van der Waals surface area contributed by atoms with Crippen LogP contribution >= 0.6 is 11.6 Å². The molecule has 3 rings (SSSR count). The first-order chi connectivity index (χ1) is 13.5. The molecule has 2 N–H and O–H groups in total. The molecule has 1 amide bonds. The number of esters is 1. The van der Waals surface area contributed by atoms with Gasteiger partial charge in [0.15, 0.2) is 6.54 Å². The van der Waals surface area contributed by atoms with Gasteiger partial charge >= 0.3 is 5.97 Å². The molecular formula is C21H25ClN3O3+. The molecule has 148 valence electrons. The number of methoxy groups -OCH3 is 1. The van der Waals surface area contributed by atoms with Crippen LogP contribution in [0.25, 0.3) is 0 Å². The summed E-state index contributed by atoms with van der Waals surface area (Å²) in [5.41, 5.74) is 3.01. The van der Waals surface area contributed by atoms with Crippen LogP contribution in [-0.2, 0) is 9.53 Å². The molecule has 1 heterocycles. The number of aryl methyl sites for hydroxylation is 1. The minimum absolute atomic E-state index is 0.0636. The second-order valence-electron chi connectivity index (χ2n) is 6.93. The molecule has 0 saturated carbocycles. The van der Waals surface area contributed by atoms with Crippen molar-refractivity contribution in [3.63, 3.8) is 0 Å². The number of carbonyl (C=O) groups excluding carboxylic acids is 2. The average Bonchev–Trinajstić information content (AvgIpc) is 2.70.